The van der Waals surface area contributed by atoms with Crippen molar-refractivity contribution >= 4 is 57.9 Å². The summed E-state index contributed by atoms with van der Waals surface area (Å²) in [5, 5.41) is 18.0. The fourth-order valence-electron chi connectivity index (χ4n) is 3.24. The van der Waals surface area contributed by atoms with E-state index in [1.165, 1.54) is 16.7 Å². The van der Waals surface area contributed by atoms with Crippen molar-refractivity contribution in [1.82, 2.24) is 20.2 Å². The van der Waals surface area contributed by atoms with Crippen molar-refractivity contribution in [3.8, 4) is 5.75 Å². The van der Waals surface area contributed by atoms with Gasteiger partial charge in [0, 0.05) is 19.7 Å². The topological polar surface area (TPSA) is 118 Å². The van der Waals surface area contributed by atoms with Crippen LogP contribution in [0.1, 0.15) is 36.7 Å². The van der Waals surface area contributed by atoms with Gasteiger partial charge in [-0.15, -0.1) is 0 Å². The highest BCUT2D eigenvalue weighted by Crippen LogP contribution is 2.36. The van der Waals surface area contributed by atoms with E-state index in [1.54, 1.807) is 45.3 Å². The number of benzene rings is 2. The second-order valence-corrected chi connectivity index (χ2v) is 9.81. The second-order valence-electron chi connectivity index (χ2n) is 9.03. The highest BCUT2D eigenvalue weighted by Gasteiger charge is 2.29. The highest BCUT2D eigenvalue weighted by atomic mass is 35.5. The molecule has 4 N–H and O–H groups in total. The predicted octanol–water partition coefficient (Wildman–Crippen LogP) is 5.65. The first kappa shape index (κ1) is 28.2. The smallest absolute Gasteiger partial charge is 0.407 e. The fraction of sp³-hybridized carbons (Fsp3) is 0.348. The van der Waals surface area contributed by atoms with Crippen LogP contribution in [-0.4, -0.2) is 45.0 Å². The molecule has 0 saturated carbocycles. The average molecular weight is 562 g/mol. The molecule has 14 heteroatoms. The second kappa shape index (κ2) is 10.5. The van der Waals surface area contributed by atoms with E-state index in [1.807, 2.05) is 0 Å². The number of hydrogen-bond donors (Lipinski definition) is 4. The molecule has 0 aliphatic carbocycles. The Morgan fingerprint density at radius 3 is 2.43 bits per heavy atom. The summed E-state index contributed by atoms with van der Waals surface area (Å²) >= 11 is 12.9. The van der Waals surface area contributed by atoms with Gasteiger partial charge in [-0.25, -0.2) is 9.78 Å². The Kier molecular flexibility index (Phi) is 8.03. The van der Waals surface area contributed by atoms with Gasteiger partial charge in [0.05, 0.1) is 32.3 Å². The van der Waals surface area contributed by atoms with Crippen LogP contribution in [0.2, 0.25) is 10.0 Å². The van der Waals surface area contributed by atoms with Gasteiger partial charge in [0.15, 0.2) is 0 Å². The minimum absolute atomic E-state index is 0.0480. The van der Waals surface area contributed by atoms with Crippen LogP contribution in [0, 0.1) is 0 Å². The summed E-state index contributed by atoms with van der Waals surface area (Å²) in [5.41, 5.74) is 0.357. The normalized spacial score (nSPS) is 11.9. The Balaban J connectivity index is 1.86. The monoisotopic (exact) mass is 561 g/mol. The number of nitrogens with zero attached hydrogens (tertiary/aromatic N) is 2. The lowest BCUT2D eigenvalue weighted by molar-refractivity contribution is -0.123. The lowest BCUT2D eigenvalue weighted by atomic mass is 10.1. The van der Waals surface area contributed by atoms with E-state index in [4.69, 9.17) is 27.9 Å². The molecule has 2 aromatic carbocycles. The number of alkyl halides is 3. The van der Waals surface area contributed by atoms with Gasteiger partial charge in [-0.3, -0.25) is 4.79 Å². The van der Waals surface area contributed by atoms with E-state index in [2.05, 4.69) is 15.6 Å². The Morgan fingerprint density at radius 1 is 1.14 bits per heavy atom. The van der Waals surface area contributed by atoms with Crippen molar-refractivity contribution in [1.29, 1.82) is 0 Å². The van der Waals surface area contributed by atoms with Crippen LogP contribution in [0.5, 0.6) is 5.75 Å². The first-order valence-electron chi connectivity index (χ1n) is 10.8. The summed E-state index contributed by atoms with van der Waals surface area (Å²) in [6.07, 6.45) is -5.23. The van der Waals surface area contributed by atoms with E-state index in [9.17, 15) is 27.9 Å². The SMILES string of the molecule is Cn1c(Nc2c(Cl)ccc(CNC(=O)OC(C)(C)C)c2Cl)nc2cc(C(=O)NCC(F)(F)F)c(O)cc21. The van der Waals surface area contributed by atoms with Crippen LogP contribution < -0.4 is 16.0 Å². The summed E-state index contributed by atoms with van der Waals surface area (Å²) < 4.78 is 44.1. The number of rotatable bonds is 6. The zero-order valence-corrected chi connectivity index (χ0v) is 21.7. The maximum absolute atomic E-state index is 12.4. The fourth-order valence-corrected chi connectivity index (χ4v) is 3.77. The molecule has 0 atom stereocenters. The molecule has 3 aromatic rings. The van der Waals surface area contributed by atoms with Crippen molar-refractivity contribution in [2.24, 2.45) is 7.05 Å². The van der Waals surface area contributed by atoms with E-state index in [-0.39, 0.29) is 39.3 Å². The number of alkyl carbamates (subject to hydrolysis) is 1. The van der Waals surface area contributed by atoms with Gasteiger partial charge in [0.1, 0.15) is 17.9 Å². The molecule has 0 spiro atoms. The van der Waals surface area contributed by atoms with Gasteiger partial charge in [-0.1, -0.05) is 29.3 Å². The molecule has 0 bridgehead atoms. The maximum atomic E-state index is 12.4. The molecule has 0 aliphatic heterocycles. The Bertz CT molecular complexity index is 1350. The Labute approximate surface area is 219 Å². The van der Waals surface area contributed by atoms with Crippen LogP contribution in [0.4, 0.5) is 29.6 Å². The number of halogens is 5. The number of phenolic OH excluding ortho intramolecular Hbond substituents is 1. The number of nitrogens with one attached hydrogen (secondary N) is 3. The first-order chi connectivity index (χ1) is 17.1. The number of fused-ring (bicyclic) bond motifs is 1. The molecule has 0 fully saturated rings. The molecule has 0 saturated heterocycles. The van der Waals surface area contributed by atoms with E-state index < -0.39 is 36.1 Å². The number of amides is 2. The van der Waals surface area contributed by atoms with Crippen molar-refractivity contribution in [3.05, 3.63) is 45.4 Å². The van der Waals surface area contributed by atoms with Crippen LogP contribution in [0.15, 0.2) is 24.3 Å². The Morgan fingerprint density at radius 2 is 1.81 bits per heavy atom. The van der Waals surface area contributed by atoms with Crippen LogP contribution in [-0.2, 0) is 18.3 Å². The molecule has 0 aliphatic rings. The quantitative estimate of drug-likeness (QED) is 0.309. The van der Waals surface area contributed by atoms with Gasteiger partial charge in [-0.05, 0) is 38.5 Å². The zero-order valence-electron chi connectivity index (χ0n) is 20.2. The van der Waals surface area contributed by atoms with Crippen LogP contribution in [0.3, 0.4) is 0 Å². The molecular formula is C23H24Cl2F3N5O4. The minimum atomic E-state index is -4.60. The molecule has 37 heavy (non-hydrogen) atoms. The molecule has 0 radical (unpaired) electrons. The van der Waals surface area contributed by atoms with E-state index in [0.717, 1.165) is 0 Å². The zero-order chi connectivity index (χ0) is 27.7. The molecule has 3 rings (SSSR count). The highest BCUT2D eigenvalue weighted by molar-refractivity contribution is 6.39. The van der Waals surface area contributed by atoms with Crippen LogP contribution in [0.25, 0.3) is 11.0 Å². The van der Waals surface area contributed by atoms with Gasteiger partial charge >= 0.3 is 12.3 Å². The van der Waals surface area contributed by atoms with Crippen molar-refractivity contribution in [2.45, 2.75) is 39.1 Å². The molecule has 1 heterocycles. The summed E-state index contributed by atoms with van der Waals surface area (Å²) in [6.45, 7) is 3.70. The largest absolute Gasteiger partial charge is 0.507 e. The van der Waals surface area contributed by atoms with Crippen molar-refractivity contribution in [3.63, 3.8) is 0 Å². The third-order valence-electron chi connectivity index (χ3n) is 4.92. The standard InChI is InChI=1S/C23H24Cl2F3N5O4/c1-22(2,3)37-21(36)29-9-11-5-6-13(24)18(17(11)25)32-20-31-14-7-12(16(34)8-15(14)33(20)4)19(35)30-10-23(26,27)28/h5-8,34H,9-10H2,1-4H3,(H,29,36)(H,30,35)(H,31,32). The molecule has 200 valence electrons. The minimum Gasteiger partial charge on any atom is -0.507 e. The molecular weight excluding hydrogens is 538 g/mol. The summed E-state index contributed by atoms with van der Waals surface area (Å²) in [6, 6.07) is 5.58. The number of hydrogen-bond acceptors (Lipinski definition) is 6. The van der Waals surface area contributed by atoms with Gasteiger partial charge in [0.25, 0.3) is 5.91 Å². The lowest BCUT2D eigenvalue weighted by Gasteiger charge is -2.20. The maximum Gasteiger partial charge on any atom is 0.407 e. The van der Waals surface area contributed by atoms with E-state index in [0.29, 0.717) is 11.1 Å². The van der Waals surface area contributed by atoms with Gasteiger partial charge < -0.3 is 30.4 Å². The number of carbonyl (C=O) groups excluding carboxylic acids is 2. The van der Waals surface area contributed by atoms with Gasteiger partial charge in [0.2, 0.25) is 5.95 Å². The van der Waals surface area contributed by atoms with E-state index >= 15 is 0 Å². The summed E-state index contributed by atoms with van der Waals surface area (Å²) in [7, 11) is 1.61. The third kappa shape index (κ3) is 7.10. The number of imidazole rings is 1. The number of ether oxygens (including phenoxy) is 1. The predicted molar refractivity (Wildman–Crippen MR) is 134 cm³/mol. The van der Waals surface area contributed by atoms with Crippen molar-refractivity contribution in [2.75, 3.05) is 11.9 Å². The Hall–Kier alpha value is -3.38. The van der Waals surface area contributed by atoms with Crippen LogP contribution >= 0.6 is 23.2 Å². The summed E-state index contributed by atoms with van der Waals surface area (Å²) in [4.78, 5) is 28.5. The number of aromatic hydroxyl groups is 1. The number of aryl methyl sites for hydroxylation is 1. The molecule has 2 amide bonds. The number of carbonyl (C=O) groups is 2. The van der Waals surface area contributed by atoms with Crippen molar-refractivity contribution < 1.29 is 32.6 Å². The first-order valence-corrected chi connectivity index (χ1v) is 11.6. The molecule has 0 unspecified atom stereocenters. The number of anilines is 2. The average Bonchev–Trinajstić information content (AvgIpc) is 3.06. The molecule has 9 nitrogen and oxygen atoms in total. The molecule has 1 aromatic heterocycles. The lowest BCUT2D eigenvalue weighted by Crippen LogP contribution is -2.33. The summed E-state index contributed by atoms with van der Waals surface area (Å²) in [5.74, 6) is -1.41. The number of aromatic nitrogens is 2. The van der Waals surface area contributed by atoms with Gasteiger partial charge in [-0.2, -0.15) is 13.2 Å². The number of phenols is 1. The third-order valence-corrected chi connectivity index (χ3v) is 5.67.